The van der Waals surface area contributed by atoms with Gasteiger partial charge in [0.25, 0.3) is 0 Å². The van der Waals surface area contributed by atoms with Gasteiger partial charge in [-0.3, -0.25) is 0 Å². The predicted octanol–water partition coefficient (Wildman–Crippen LogP) is 4.69. The lowest BCUT2D eigenvalue weighted by Crippen LogP contribution is -1.94. The number of nitrogens with zero attached hydrogens (tertiary/aromatic N) is 1. The Bertz CT molecular complexity index is 538. The Balaban J connectivity index is 2.26. The maximum Gasteiger partial charge on any atom is 0.222 e. The summed E-state index contributed by atoms with van der Waals surface area (Å²) in [6, 6.07) is 7.48. The van der Waals surface area contributed by atoms with E-state index in [9.17, 15) is 0 Å². The van der Waals surface area contributed by atoms with Crippen molar-refractivity contribution in [1.29, 1.82) is 0 Å². The molecule has 0 fully saturated rings. The molecule has 0 atom stereocenters. The van der Waals surface area contributed by atoms with Crippen molar-refractivity contribution < 1.29 is 9.47 Å². The molecule has 1 aromatic heterocycles. The Labute approximate surface area is 125 Å². The number of aromatic nitrogens is 1. The number of ether oxygens (including phenoxy) is 2. The summed E-state index contributed by atoms with van der Waals surface area (Å²) in [6.45, 7) is 1.94. The summed E-state index contributed by atoms with van der Waals surface area (Å²) in [7, 11) is 1.62. The Morgan fingerprint density at radius 1 is 1.32 bits per heavy atom. The number of methoxy groups -OCH3 is 1. The smallest absolute Gasteiger partial charge is 0.222 e. The van der Waals surface area contributed by atoms with Gasteiger partial charge in [-0.25, -0.2) is 4.98 Å². The molecule has 2 aromatic rings. The number of benzene rings is 1. The van der Waals surface area contributed by atoms with Gasteiger partial charge < -0.3 is 9.47 Å². The van der Waals surface area contributed by atoms with Crippen molar-refractivity contribution >= 4 is 27.5 Å². The Morgan fingerprint density at radius 3 is 2.68 bits per heavy atom. The van der Waals surface area contributed by atoms with Crippen LogP contribution in [0, 0.1) is 6.92 Å². The number of hydrogen-bond donors (Lipinski definition) is 0. The second-order valence-corrected chi connectivity index (χ2v) is 5.12. The van der Waals surface area contributed by atoms with Crippen LogP contribution in [0.3, 0.4) is 0 Å². The molecule has 3 nitrogen and oxygen atoms in total. The van der Waals surface area contributed by atoms with E-state index in [2.05, 4.69) is 20.9 Å². The first-order chi connectivity index (χ1) is 9.13. The molecule has 0 amide bonds. The summed E-state index contributed by atoms with van der Waals surface area (Å²) in [5.41, 5.74) is 1.92. The summed E-state index contributed by atoms with van der Waals surface area (Å²) < 4.78 is 11.7. The number of halogens is 2. The van der Waals surface area contributed by atoms with Gasteiger partial charge in [-0.05, 0) is 52.7 Å². The molecule has 0 radical (unpaired) electrons. The fourth-order valence-electron chi connectivity index (χ4n) is 1.60. The molecule has 2 rings (SSSR count). The zero-order valence-electron chi connectivity index (χ0n) is 10.6. The second kappa shape index (κ2) is 6.26. The minimum atomic E-state index is 0.445. The molecule has 0 spiro atoms. The lowest BCUT2D eigenvalue weighted by molar-refractivity contribution is 0.411. The lowest BCUT2D eigenvalue weighted by atomic mass is 10.2. The third kappa shape index (κ3) is 3.39. The van der Waals surface area contributed by atoms with Gasteiger partial charge in [0.05, 0.1) is 11.6 Å². The minimum absolute atomic E-state index is 0.445. The molecule has 1 heterocycles. The van der Waals surface area contributed by atoms with Gasteiger partial charge in [-0.1, -0.05) is 0 Å². The Morgan fingerprint density at radius 2 is 2.11 bits per heavy atom. The largest absolute Gasteiger partial charge is 0.497 e. The summed E-state index contributed by atoms with van der Waals surface area (Å²) in [5, 5.41) is 0. The number of hydrogen-bond acceptors (Lipinski definition) is 3. The van der Waals surface area contributed by atoms with Crippen LogP contribution < -0.4 is 9.47 Å². The molecule has 0 unspecified atom stereocenters. The van der Waals surface area contributed by atoms with Crippen LogP contribution in [-0.2, 0) is 5.88 Å². The zero-order valence-corrected chi connectivity index (χ0v) is 13.0. The third-order valence-electron chi connectivity index (χ3n) is 2.59. The quantitative estimate of drug-likeness (QED) is 0.755. The first-order valence-corrected chi connectivity index (χ1v) is 6.99. The molecule has 19 heavy (non-hydrogen) atoms. The van der Waals surface area contributed by atoms with Gasteiger partial charge in [-0.15, -0.1) is 11.6 Å². The van der Waals surface area contributed by atoms with E-state index in [-0.39, 0.29) is 0 Å². The van der Waals surface area contributed by atoms with Crippen LogP contribution in [0.15, 0.2) is 34.9 Å². The normalized spacial score (nSPS) is 10.3. The molecular formula is C14H13BrClNO2. The molecule has 0 bridgehead atoms. The summed E-state index contributed by atoms with van der Waals surface area (Å²) in [6.07, 6.45) is 1.72. The van der Waals surface area contributed by atoms with Crippen molar-refractivity contribution in [1.82, 2.24) is 4.98 Å². The molecule has 0 aliphatic heterocycles. The van der Waals surface area contributed by atoms with E-state index >= 15 is 0 Å². The number of aryl methyl sites for hydroxylation is 1. The Hall–Kier alpha value is -1.26. The topological polar surface area (TPSA) is 31.4 Å². The van der Waals surface area contributed by atoms with E-state index in [0.717, 1.165) is 21.3 Å². The van der Waals surface area contributed by atoms with Crippen LogP contribution in [0.2, 0.25) is 0 Å². The van der Waals surface area contributed by atoms with Crippen LogP contribution >= 0.6 is 27.5 Å². The maximum absolute atomic E-state index is 5.78. The molecule has 1 aromatic carbocycles. The van der Waals surface area contributed by atoms with Crippen LogP contribution in [0.25, 0.3) is 0 Å². The van der Waals surface area contributed by atoms with Gasteiger partial charge in [0.1, 0.15) is 11.5 Å². The highest BCUT2D eigenvalue weighted by molar-refractivity contribution is 9.10. The van der Waals surface area contributed by atoms with Gasteiger partial charge in [0, 0.05) is 17.6 Å². The van der Waals surface area contributed by atoms with E-state index in [4.69, 9.17) is 21.1 Å². The van der Waals surface area contributed by atoms with Crippen LogP contribution in [0.5, 0.6) is 17.4 Å². The number of pyridine rings is 1. The summed E-state index contributed by atoms with van der Waals surface area (Å²) in [5.74, 6) is 2.47. The van der Waals surface area contributed by atoms with E-state index < -0.39 is 0 Å². The van der Waals surface area contributed by atoms with E-state index in [1.54, 1.807) is 13.3 Å². The molecule has 0 aliphatic carbocycles. The standard InChI is InChI=1S/C14H13BrClNO2/c1-9-5-10(7-16)8-17-14(9)19-13-4-3-11(18-2)6-12(13)15/h3-6,8H,7H2,1-2H3. The molecular weight excluding hydrogens is 330 g/mol. The van der Waals surface area contributed by atoms with Crippen LogP contribution in [0.1, 0.15) is 11.1 Å². The van der Waals surface area contributed by atoms with Gasteiger partial charge in [0.15, 0.2) is 0 Å². The minimum Gasteiger partial charge on any atom is -0.497 e. The van der Waals surface area contributed by atoms with Crippen LogP contribution in [-0.4, -0.2) is 12.1 Å². The van der Waals surface area contributed by atoms with Crippen molar-refractivity contribution in [2.75, 3.05) is 7.11 Å². The average Bonchev–Trinajstić information content (AvgIpc) is 2.42. The highest BCUT2D eigenvalue weighted by Gasteiger charge is 2.08. The monoisotopic (exact) mass is 341 g/mol. The van der Waals surface area contributed by atoms with E-state index in [1.165, 1.54) is 0 Å². The maximum atomic E-state index is 5.78. The van der Waals surface area contributed by atoms with Crippen molar-refractivity contribution in [3.05, 3.63) is 46.1 Å². The first kappa shape index (κ1) is 14.2. The van der Waals surface area contributed by atoms with Gasteiger partial charge in [0.2, 0.25) is 5.88 Å². The molecule has 0 aliphatic rings. The number of alkyl halides is 1. The summed E-state index contributed by atoms with van der Waals surface area (Å²) in [4.78, 5) is 4.27. The zero-order chi connectivity index (χ0) is 13.8. The lowest BCUT2D eigenvalue weighted by Gasteiger charge is -2.10. The molecule has 0 N–H and O–H groups in total. The van der Waals surface area contributed by atoms with Crippen molar-refractivity contribution in [3.63, 3.8) is 0 Å². The predicted molar refractivity (Wildman–Crippen MR) is 79.3 cm³/mol. The summed E-state index contributed by atoms with van der Waals surface area (Å²) >= 11 is 9.21. The van der Waals surface area contributed by atoms with Gasteiger partial charge >= 0.3 is 0 Å². The first-order valence-electron chi connectivity index (χ1n) is 5.67. The van der Waals surface area contributed by atoms with Crippen molar-refractivity contribution in [2.24, 2.45) is 0 Å². The van der Waals surface area contributed by atoms with Crippen molar-refractivity contribution in [3.8, 4) is 17.4 Å². The second-order valence-electron chi connectivity index (χ2n) is 4.00. The molecule has 5 heteroatoms. The van der Waals surface area contributed by atoms with Crippen molar-refractivity contribution in [2.45, 2.75) is 12.8 Å². The fraction of sp³-hybridized carbons (Fsp3) is 0.214. The van der Waals surface area contributed by atoms with E-state index in [0.29, 0.717) is 17.5 Å². The Kier molecular flexibility index (Phi) is 4.66. The SMILES string of the molecule is COc1ccc(Oc2ncc(CCl)cc2C)c(Br)c1. The molecule has 0 saturated carbocycles. The third-order valence-corrected chi connectivity index (χ3v) is 3.52. The highest BCUT2D eigenvalue weighted by Crippen LogP contribution is 2.33. The highest BCUT2D eigenvalue weighted by atomic mass is 79.9. The molecule has 0 saturated heterocycles. The average molecular weight is 343 g/mol. The molecule has 100 valence electrons. The van der Waals surface area contributed by atoms with Gasteiger partial charge in [-0.2, -0.15) is 0 Å². The van der Waals surface area contributed by atoms with E-state index in [1.807, 2.05) is 31.2 Å². The fourth-order valence-corrected chi connectivity index (χ4v) is 2.18. The van der Waals surface area contributed by atoms with Crippen LogP contribution in [0.4, 0.5) is 0 Å². The number of rotatable bonds is 4.